The van der Waals surface area contributed by atoms with Crippen LogP contribution in [0.4, 0.5) is 5.69 Å². The van der Waals surface area contributed by atoms with Crippen LogP contribution < -0.4 is 10.5 Å². The molecule has 1 saturated carbocycles. The summed E-state index contributed by atoms with van der Waals surface area (Å²) < 4.78 is 5.13. The lowest BCUT2D eigenvalue weighted by molar-refractivity contribution is -0.385. The first-order valence-electron chi connectivity index (χ1n) is 10.2. The monoisotopic (exact) mass is 398 g/mol. The predicted octanol–water partition coefficient (Wildman–Crippen LogP) is 3.77. The third-order valence-electron chi connectivity index (χ3n) is 5.79. The maximum Gasteiger partial charge on any atom is 0.311 e. The minimum atomic E-state index is -0.387. The largest absolute Gasteiger partial charge is 0.490 e. The lowest BCUT2D eigenvalue weighted by Gasteiger charge is -2.32. The lowest BCUT2D eigenvalue weighted by Crippen LogP contribution is -2.32. The van der Waals surface area contributed by atoms with Crippen molar-refractivity contribution >= 4 is 5.69 Å². The number of pyridine rings is 1. The molecule has 7 heteroatoms. The Morgan fingerprint density at radius 3 is 2.52 bits per heavy atom. The summed E-state index contributed by atoms with van der Waals surface area (Å²) in [6, 6.07) is 9.23. The molecule has 1 aliphatic carbocycles. The summed E-state index contributed by atoms with van der Waals surface area (Å²) in [5.74, 6) is 1.57. The third-order valence-corrected chi connectivity index (χ3v) is 5.79. The van der Waals surface area contributed by atoms with Crippen molar-refractivity contribution < 1.29 is 9.66 Å². The first-order chi connectivity index (χ1) is 14.1. The Morgan fingerprint density at radius 1 is 1.17 bits per heavy atom. The molecule has 0 aliphatic heterocycles. The van der Waals surface area contributed by atoms with Gasteiger partial charge in [-0.2, -0.15) is 0 Å². The van der Waals surface area contributed by atoms with Crippen LogP contribution in [0.2, 0.25) is 0 Å². The van der Waals surface area contributed by atoms with Crippen molar-refractivity contribution in [3.8, 4) is 5.75 Å². The van der Waals surface area contributed by atoms with Crippen molar-refractivity contribution in [3.63, 3.8) is 0 Å². The standard InChI is InChI=1S/C22H30N4O3/c1-29-22-9-8-19(11-21(22)26(27)28)15-25(16-20-3-2-10-24-13-20)14-18-6-4-17(12-23)5-7-18/h2-3,8-11,13,17-18H,4-7,12,14-16,23H2,1H3. The SMILES string of the molecule is COc1ccc(CN(Cc2cccnc2)CC2CCC(CN)CC2)cc1[N+](=O)[O-]. The van der Waals surface area contributed by atoms with Gasteiger partial charge in [0.05, 0.1) is 12.0 Å². The molecule has 0 amide bonds. The average Bonchev–Trinajstić information content (AvgIpc) is 2.75. The molecule has 0 radical (unpaired) electrons. The van der Waals surface area contributed by atoms with Crippen LogP contribution in [-0.4, -0.2) is 35.0 Å². The van der Waals surface area contributed by atoms with Gasteiger partial charge in [-0.15, -0.1) is 0 Å². The van der Waals surface area contributed by atoms with E-state index < -0.39 is 0 Å². The predicted molar refractivity (Wildman–Crippen MR) is 113 cm³/mol. The molecule has 7 nitrogen and oxygen atoms in total. The van der Waals surface area contributed by atoms with E-state index in [1.54, 1.807) is 18.3 Å². The number of methoxy groups -OCH3 is 1. The van der Waals surface area contributed by atoms with Crippen LogP contribution in [0.5, 0.6) is 5.75 Å². The number of aromatic nitrogens is 1. The number of nitrogens with zero attached hydrogens (tertiary/aromatic N) is 3. The van der Waals surface area contributed by atoms with E-state index in [1.807, 2.05) is 18.3 Å². The fourth-order valence-corrected chi connectivity index (χ4v) is 4.18. The van der Waals surface area contributed by atoms with Gasteiger partial charge in [0, 0.05) is 38.1 Å². The van der Waals surface area contributed by atoms with E-state index in [-0.39, 0.29) is 16.4 Å². The van der Waals surface area contributed by atoms with Gasteiger partial charge >= 0.3 is 5.69 Å². The number of hydrogen-bond acceptors (Lipinski definition) is 6. The van der Waals surface area contributed by atoms with Gasteiger partial charge in [-0.1, -0.05) is 12.1 Å². The van der Waals surface area contributed by atoms with Gasteiger partial charge in [-0.25, -0.2) is 0 Å². The number of benzene rings is 1. The van der Waals surface area contributed by atoms with E-state index in [1.165, 1.54) is 32.8 Å². The highest BCUT2D eigenvalue weighted by Gasteiger charge is 2.23. The molecule has 0 unspecified atom stereocenters. The van der Waals surface area contributed by atoms with Crippen LogP contribution >= 0.6 is 0 Å². The van der Waals surface area contributed by atoms with E-state index in [0.717, 1.165) is 30.8 Å². The molecule has 1 heterocycles. The average molecular weight is 399 g/mol. The Hall–Kier alpha value is -2.51. The maximum atomic E-state index is 11.4. The maximum absolute atomic E-state index is 11.4. The second-order valence-corrected chi connectivity index (χ2v) is 7.92. The molecule has 1 aromatic carbocycles. The number of ether oxygens (including phenoxy) is 1. The van der Waals surface area contributed by atoms with Crippen LogP contribution in [0.25, 0.3) is 0 Å². The highest BCUT2D eigenvalue weighted by molar-refractivity contribution is 5.48. The number of rotatable bonds is 9. The van der Waals surface area contributed by atoms with Crippen LogP contribution in [0.15, 0.2) is 42.7 Å². The molecular weight excluding hydrogens is 368 g/mol. The van der Waals surface area contributed by atoms with Gasteiger partial charge < -0.3 is 10.5 Å². The smallest absolute Gasteiger partial charge is 0.311 e. The second-order valence-electron chi connectivity index (χ2n) is 7.92. The second kappa shape index (κ2) is 10.3. The molecule has 1 aromatic heterocycles. The quantitative estimate of drug-likeness (QED) is 0.510. The zero-order valence-electron chi connectivity index (χ0n) is 17.0. The molecule has 156 valence electrons. The molecule has 2 aromatic rings. The van der Waals surface area contributed by atoms with Crippen molar-refractivity contribution in [2.75, 3.05) is 20.2 Å². The summed E-state index contributed by atoms with van der Waals surface area (Å²) in [6.45, 7) is 3.16. The summed E-state index contributed by atoms with van der Waals surface area (Å²) in [6.07, 6.45) is 8.41. The van der Waals surface area contributed by atoms with Gasteiger partial charge in [0.25, 0.3) is 0 Å². The third kappa shape index (κ3) is 5.98. The van der Waals surface area contributed by atoms with Crippen molar-refractivity contribution in [1.29, 1.82) is 0 Å². The van der Waals surface area contributed by atoms with Gasteiger partial charge in [0.15, 0.2) is 5.75 Å². The Bertz CT molecular complexity index is 792. The van der Waals surface area contributed by atoms with E-state index in [9.17, 15) is 10.1 Å². The lowest BCUT2D eigenvalue weighted by atomic mass is 9.82. The summed E-state index contributed by atoms with van der Waals surface area (Å²) in [5, 5.41) is 11.4. The Kier molecular flexibility index (Phi) is 7.55. The Labute approximate surface area is 172 Å². The molecule has 0 spiro atoms. The van der Waals surface area contributed by atoms with Gasteiger partial charge in [0.2, 0.25) is 0 Å². The minimum Gasteiger partial charge on any atom is -0.490 e. The molecular formula is C22H30N4O3. The number of hydrogen-bond donors (Lipinski definition) is 1. The van der Waals surface area contributed by atoms with E-state index >= 15 is 0 Å². The van der Waals surface area contributed by atoms with Crippen LogP contribution in [-0.2, 0) is 13.1 Å². The Balaban J connectivity index is 1.74. The van der Waals surface area contributed by atoms with Crippen LogP contribution in [0.1, 0.15) is 36.8 Å². The molecule has 1 aliphatic rings. The summed E-state index contributed by atoms with van der Waals surface area (Å²) in [7, 11) is 1.45. The van der Waals surface area contributed by atoms with Gasteiger partial charge in [0.1, 0.15) is 0 Å². The fourth-order valence-electron chi connectivity index (χ4n) is 4.18. The van der Waals surface area contributed by atoms with Crippen molar-refractivity contribution in [1.82, 2.24) is 9.88 Å². The van der Waals surface area contributed by atoms with Gasteiger partial charge in [-0.05, 0) is 67.3 Å². The first kappa shape index (κ1) is 21.2. The van der Waals surface area contributed by atoms with Crippen molar-refractivity contribution in [2.24, 2.45) is 17.6 Å². The Morgan fingerprint density at radius 2 is 1.90 bits per heavy atom. The van der Waals surface area contributed by atoms with E-state index in [0.29, 0.717) is 18.4 Å². The molecule has 1 fully saturated rings. The zero-order valence-corrected chi connectivity index (χ0v) is 17.0. The topological polar surface area (TPSA) is 94.5 Å². The highest BCUT2D eigenvalue weighted by atomic mass is 16.6. The van der Waals surface area contributed by atoms with Gasteiger partial charge in [-0.3, -0.25) is 20.0 Å². The summed E-state index contributed by atoms with van der Waals surface area (Å²) >= 11 is 0. The molecule has 2 N–H and O–H groups in total. The number of nitrogens with two attached hydrogens (primary N) is 1. The fraction of sp³-hybridized carbons (Fsp3) is 0.500. The molecule has 0 bridgehead atoms. The number of nitro groups is 1. The summed E-state index contributed by atoms with van der Waals surface area (Å²) in [5.41, 5.74) is 7.90. The van der Waals surface area contributed by atoms with Crippen LogP contribution in [0, 0.1) is 22.0 Å². The van der Waals surface area contributed by atoms with Crippen molar-refractivity contribution in [2.45, 2.75) is 38.8 Å². The first-order valence-corrected chi connectivity index (χ1v) is 10.2. The molecule has 0 atom stereocenters. The molecule has 0 saturated heterocycles. The van der Waals surface area contributed by atoms with E-state index in [2.05, 4.69) is 16.0 Å². The zero-order chi connectivity index (χ0) is 20.6. The molecule has 29 heavy (non-hydrogen) atoms. The van der Waals surface area contributed by atoms with E-state index in [4.69, 9.17) is 10.5 Å². The molecule has 3 rings (SSSR count). The van der Waals surface area contributed by atoms with Crippen molar-refractivity contribution in [3.05, 3.63) is 64.0 Å². The summed E-state index contributed by atoms with van der Waals surface area (Å²) in [4.78, 5) is 17.6. The van der Waals surface area contributed by atoms with Crippen LogP contribution in [0.3, 0.4) is 0 Å². The number of nitro benzene ring substituents is 1. The highest BCUT2D eigenvalue weighted by Crippen LogP contribution is 2.31. The normalized spacial score (nSPS) is 19.3. The minimum absolute atomic E-state index is 0.00906.